The number of phenolic OH excluding ortho intramolecular Hbond substituents is 2. The number of benzene rings is 1. The van der Waals surface area contributed by atoms with Crippen molar-refractivity contribution in [2.24, 2.45) is 0 Å². The molecule has 4 rings (SSSR count). The topological polar surface area (TPSA) is 195 Å². The minimum absolute atomic E-state index is 0.0857. The van der Waals surface area contributed by atoms with E-state index in [1.807, 2.05) is 0 Å². The Bertz CT molecular complexity index is 1110. The number of anilines is 1. The van der Waals surface area contributed by atoms with Crippen LogP contribution in [0.1, 0.15) is 11.8 Å². The van der Waals surface area contributed by atoms with Crippen molar-refractivity contribution in [3.05, 3.63) is 30.4 Å². The summed E-state index contributed by atoms with van der Waals surface area (Å²) in [5, 5.41) is 63.0. The fraction of sp³-hybridized carbons (Fsp3) is 0.421. The lowest BCUT2D eigenvalue weighted by Crippen LogP contribution is -2.56. The van der Waals surface area contributed by atoms with E-state index < -0.39 is 37.3 Å². The van der Waals surface area contributed by atoms with Crippen molar-refractivity contribution in [3.63, 3.8) is 0 Å². The molecule has 32 heavy (non-hydrogen) atoms. The molecule has 1 aromatic carbocycles. The maximum atomic E-state index is 10.4. The zero-order valence-corrected chi connectivity index (χ0v) is 16.9. The van der Waals surface area contributed by atoms with E-state index >= 15 is 0 Å². The number of aromatic nitrogens is 4. The molecule has 1 fully saturated rings. The third kappa shape index (κ3) is 3.65. The van der Waals surface area contributed by atoms with Gasteiger partial charge in [-0.25, -0.2) is 15.0 Å². The van der Waals surface area contributed by atoms with Gasteiger partial charge in [-0.05, 0) is 12.1 Å². The summed E-state index contributed by atoms with van der Waals surface area (Å²) in [5.41, 5.74) is 0.943. The molecule has 0 amide bonds. The molecule has 172 valence electrons. The van der Waals surface area contributed by atoms with E-state index in [1.165, 1.54) is 30.4 Å². The molecule has 0 saturated carbocycles. The standard InChI is InChI=1S/C19H23N5O8/c1-31-9-3-2-8(12(26)13(9)27)4-20-17-11-18(22-6-21-17)24(7-23-11)19-16(30)15(29)14(28)10(5-25)32-19/h2-3,6-7,10,14-16,19,25-30H,4-5H2,1H3,(H,20,21,22)/t10-,14-,15+,16-,19?/m1/s1. The van der Waals surface area contributed by atoms with Crippen molar-refractivity contribution in [1.29, 1.82) is 0 Å². The van der Waals surface area contributed by atoms with Crippen molar-refractivity contribution >= 4 is 17.0 Å². The molecule has 13 nitrogen and oxygen atoms in total. The van der Waals surface area contributed by atoms with Crippen LogP contribution in [-0.4, -0.2) is 88.3 Å². The fourth-order valence-electron chi connectivity index (χ4n) is 3.57. The van der Waals surface area contributed by atoms with Crippen LogP contribution in [-0.2, 0) is 11.3 Å². The Balaban J connectivity index is 1.61. The molecule has 1 aliphatic rings. The van der Waals surface area contributed by atoms with E-state index in [1.54, 1.807) is 6.07 Å². The summed E-state index contributed by atoms with van der Waals surface area (Å²) in [5.74, 6) is -0.289. The minimum Gasteiger partial charge on any atom is -0.504 e. The van der Waals surface area contributed by atoms with Crippen LogP contribution in [0.2, 0.25) is 0 Å². The molecule has 3 heterocycles. The maximum absolute atomic E-state index is 10.4. The number of rotatable bonds is 6. The van der Waals surface area contributed by atoms with Crippen LogP contribution in [0.4, 0.5) is 5.82 Å². The number of methoxy groups -OCH3 is 1. The zero-order valence-electron chi connectivity index (χ0n) is 16.9. The summed E-state index contributed by atoms with van der Waals surface area (Å²) in [6, 6.07) is 3.08. The molecule has 3 aromatic rings. The van der Waals surface area contributed by atoms with Gasteiger partial charge in [0.15, 0.2) is 34.7 Å². The molecule has 2 aromatic heterocycles. The number of hydrogen-bond acceptors (Lipinski definition) is 12. The molecule has 0 bridgehead atoms. The molecule has 1 saturated heterocycles. The highest BCUT2D eigenvalue weighted by atomic mass is 16.6. The van der Waals surface area contributed by atoms with Crippen LogP contribution < -0.4 is 10.1 Å². The van der Waals surface area contributed by atoms with Gasteiger partial charge in [-0.3, -0.25) is 4.57 Å². The zero-order chi connectivity index (χ0) is 23.0. The molecular formula is C19H23N5O8. The predicted molar refractivity (Wildman–Crippen MR) is 108 cm³/mol. The summed E-state index contributed by atoms with van der Waals surface area (Å²) in [4.78, 5) is 12.6. The summed E-state index contributed by atoms with van der Waals surface area (Å²) in [6.07, 6.45) is -4.21. The summed E-state index contributed by atoms with van der Waals surface area (Å²) in [7, 11) is 1.37. The second-order valence-corrected chi connectivity index (χ2v) is 7.24. The Kier molecular flexibility index (Phi) is 5.99. The normalized spacial score (nSPS) is 25.7. The number of aliphatic hydroxyl groups excluding tert-OH is 4. The van der Waals surface area contributed by atoms with Crippen LogP contribution in [0.5, 0.6) is 17.2 Å². The monoisotopic (exact) mass is 449 g/mol. The molecule has 1 unspecified atom stereocenters. The third-order valence-electron chi connectivity index (χ3n) is 5.36. The van der Waals surface area contributed by atoms with Gasteiger partial charge in [-0.2, -0.15) is 0 Å². The van der Waals surface area contributed by atoms with Crippen LogP contribution in [0.25, 0.3) is 11.2 Å². The Morgan fingerprint density at radius 1 is 1.06 bits per heavy atom. The first-order valence-corrected chi connectivity index (χ1v) is 9.67. The van der Waals surface area contributed by atoms with E-state index in [4.69, 9.17) is 9.47 Å². The summed E-state index contributed by atoms with van der Waals surface area (Å²) in [6.45, 7) is -0.476. The smallest absolute Gasteiger partial charge is 0.200 e. The predicted octanol–water partition coefficient (Wildman–Crippen LogP) is -1.17. The van der Waals surface area contributed by atoms with Gasteiger partial charge in [0.25, 0.3) is 0 Å². The molecule has 7 N–H and O–H groups in total. The van der Waals surface area contributed by atoms with Crippen LogP contribution in [0.15, 0.2) is 24.8 Å². The Morgan fingerprint density at radius 3 is 2.56 bits per heavy atom. The van der Waals surface area contributed by atoms with Crippen molar-refractivity contribution in [1.82, 2.24) is 19.5 Å². The van der Waals surface area contributed by atoms with Gasteiger partial charge in [-0.1, -0.05) is 0 Å². The van der Waals surface area contributed by atoms with E-state index in [0.717, 1.165) is 0 Å². The van der Waals surface area contributed by atoms with E-state index in [0.29, 0.717) is 16.9 Å². The molecule has 0 aliphatic carbocycles. The first kappa shape index (κ1) is 22.0. The van der Waals surface area contributed by atoms with Crippen molar-refractivity contribution in [2.75, 3.05) is 19.0 Å². The number of nitrogens with one attached hydrogen (secondary N) is 1. The van der Waals surface area contributed by atoms with Crippen LogP contribution in [0, 0.1) is 0 Å². The van der Waals surface area contributed by atoms with Crippen molar-refractivity contribution in [2.45, 2.75) is 37.2 Å². The van der Waals surface area contributed by atoms with Gasteiger partial charge in [0, 0.05) is 12.1 Å². The maximum Gasteiger partial charge on any atom is 0.200 e. The highest BCUT2D eigenvalue weighted by Gasteiger charge is 2.44. The number of phenols is 2. The number of ether oxygens (including phenoxy) is 2. The number of aromatic hydroxyl groups is 2. The van der Waals surface area contributed by atoms with Gasteiger partial charge >= 0.3 is 0 Å². The number of fused-ring (bicyclic) bond motifs is 1. The first-order chi connectivity index (χ1) is 15.4. The van der Waals surface area contributed by atoms with Crippen molar-refractivity contribution < 1.29 is 40.1 Å². The largest absolute Gasteiger partial charge is 0.504 e. The molecule has 0 radical (unpaired) electrons. The quantitative estimate of drug-likeness (QED) is 0.223. The van der Waals surface area contributed by atoms with Gasteiger partial charge in [-0.15, -0.1) is 0 Å². The molecule has 13 heteroatoms. The molecule has 5 atom stereocenters. The van der Waals surface area contributed by atoms with Crippen LogP contribution >= 0.6 is 0 Å². The fourth-order valence-corrected chi connectivity index (χ4v) is 3.57. The highest BCUT2D eigenvalue weighted by Crippen LogP contribution is 2.38. The van der Waals surface area contributed by atoms with Gasteiger partial charge in [0.2, 0.25) is 5.75 Å². The average molecular weight is 449 g/mol. The number of aliphatic hydroxyl groups is 4. The van der Waals surface area contributed by atoms with E-state index in [2.05, 4.69) is 20.3 Å². The summed E-state index contributed by atoms with van der Waals surface area (Å²) < 4.78 is 11.9. The third-order valence-corrected chi connectivity index (χ3v) is 5.36. The Morgan fingerprint density at radius 2 is 1.84 bits per heavy atom. The SMILES string of the molecule is COc1ccc(CNc2ncnc3c2ncn3C2O[C@H](CO)[C@@H](O)[C@H](O)[C@H]2O)c(O)c1O. The lowest BCUT2D eigenvalue weighted by atomic mass is 9.98. The Labute approximate surface area is 181 Å². The highest BCUT2D eigenvalue weighted by molar-refractivity contribution is 5.82. The second-order valence-electron chi connectivity index (χ2n) is 7.24. The summed E-state index contributed by atoms with van der Waals surface area (Å²) >= 11 is 0. The molecule has 1 aliphatic heterocycles. The lowest BCUT2D eigenvalue weighted by molar-refractivity contribution is -0.250. The molecular weight excluding hydrogens is 426 g/mol. The Hall–Kier alpha value is -3.23. The average Bonchev–Trinajstić information content (AvgIpc) is 3.23. The van der Waals surface area contributed by atoms with Gasteiger partial charge in [0.05, 0.1) is 20.0 Å². The second kappa shape index (κ2) is 8.72. The van der Waals surface area contributed by atoms with E-state index in [9.17, 15) is 30.6 Å². The molecule has 0 spiro atoms. The van der Waals surface area contributed by atoms with Gasteiger partial charge < -0.3 is 45.4 Å². The minimum atomic E-state index is -1.55. The number of imidazole rings is 1. The number of hydrogen-bond donors (Lipinski definition) is 7. The van der Waals surface area contributed by atoms with Gasteiger partial charge in [0.1, 0.15) is 30.7 Å². The van der Waals surface area contributed by atoms with Crippen molar-refractivity contribution in [3.8, 4) is 17.2 Å². The number of nitrogens with zero attached hydrogens (tertiary/aromatic N) is 4. The van der Waals surface area contributed by atoms with E-state index in [-0.39, 0.29) is 29.4 Å². The van der Waals surface area contributed by atoms with Crippen LogP contribution in [0.3, 0.4) is 0 Å². The first-order valence-electron chi connectivity index (χ1n) is 9.67. The lowest BCUT2D eigenvalue weighted by Gasteiger charge is -2.40.